The summed E-state index contributed by atoms with van der Waals surface area (Å²) in [5.74, 6) is -1.56. The standard InChI is InChI=1S/C12H10N2O5/c15-11(16)9-10(19-7-13-9)14-12(17)18-6-8-4-2-1-3-5-8/h1-5,7H,6H2,(H,14,17)(H,15,16). The summed E-state index contributed by atoms with van der Waals surface area (Å²) in [7, 11) is 0. The maximum absolute atomic E-state index is 11.4. The van der Waals surface area contributed by atoms with Crippen molar-refractivity contribution in [1.82, 2.24) is 4.98 Å². The van der Waals surface area contributed by atoms with Crippen LogP contribution >= 0.6 is 0 Å². The molecule has 2 rings (SSSR count). The van der Waals surface area contributed by atoms with Crippen molar-refractivity contribution in [2.75, 3.05) is 5.32 Å². The Morgan fingerprint density at radius 3 is 2.74 bits per heavy atom. The van der Waals surface area contributed by atoms with Gasteiger partial charge in [-0.25, -0.2) is 14.6 Å². The largest absolute Gasteiger partial charge is 0.476 e. The summed E-state index contributed by atoms with van der Waals surface area (Å²) in [6.07, 6.45) is 0.110. The van der Waals surface area contributed by atoms with Crippen molar-refractivity contribution < 1.29 is 23.8 Å². The van der Waals surface area contributed by atoms with E-state index >= 15 is 0 Å². The SMILES string of the molecule is O=C(Nc1ocnc1C(=O)O)OCc1ccccc1. The Bertz CT molecular complexity index is 579. The fourth-order valence-corrected chi connectivity index (χ4v) is 1.34. The molecule has 0 spiro atoms. The number of carbonyl (C=O) groups is 2. The van der Waals surface area contributed by atoms with E-state index in [1.54, 1.807) is 12.1 Å². The lowest BCUT2D eigenvalue weighted by Gasteiger charge is -2.05. The molecule has 7 heteroatoms. The van der Waals surface area contributed by atoms with Crippen LogP contribution in [0.5, 0.6) is 0 Å². The molecule has 2 aromatic rings. The Hall–Kier alpha value is -2.83. The molecule has 0 aliphatic heterocycles. The van der Waals surface area contributed by atoms with E-state index in [2.05, 4.69) is 10.3 Å². The molecule has 0 saturated carbocycles. The van der Waals surface area contributed by atoms with Crippen molar-refractivity contribution in [1.29, 1.82) is 0 Å². The van der Waals surface area contributed by atoms with Crippen LogP contribution in [0.4, 0.5) is 10.7 Å². The fraction of sp³-hybridized carbons (Fsp3) is 0.0833. The topological polar surface area (TPSA) is 102 Å². The third-order valence-electron chi connectivity index (χ3n) is 2.20. The van der Waals surface area contributed by atoms with E-state index in [1.807, 2.05) is 18.2 Å². The molecular formula is C12H10N2O5. The van der Waals surface area contributed by atoms with Gasteiger partial charge in [-0.3, -0.25) is 5.32 Å². The van der Waals surface area contributed by atoms with Gasteiger partial charge in [0.05, 0.1) is 0 Å². The normalized spacial score (nSPS) is 9.89. The molecular weight excluding hydrogens is 252 g/mol. The maximum Gasteiger partial charge on any atom is 0.414 e. The molecule has 0 aliphatic rings. The average molecular weight is 262 g/mol. The average Bonchev–Trinajstić information content (AvgIpc) is 2.86. The first-order valence-corrected chi connectivity index (χ1v) is 5.31. The van der Waals surface area contributed by atoms with E-state index in [0.29, 0.717) is 0 Å². The number of carboxylic acid groups (broad SMARTS) is 1. The maximum atomic E-state index is 11.4. The summed E-state index contributed by atoms with van der Waals surface area (Å²) in [5.41, 5.74) is 0.435. The Morgan fingerprint density at radius 1 is 1.32 bits per heavy atom. The summed E-state index contributed by atoms with van der Waals surface area (Å²) in [6.45, 7) is 0.0726. The minimum Gasteiger partial charge on any atom is -0.476 e. The first-order chi connectivity index (χ1) is 9.16. The minimum absolute atomic E-state index is 0.0726. The third-order valence-corrected chi connectivity index (χ3v) is 2.20. The second kappa shape index (κ2) is 5.67. The third kappa shape index (κ3) is 3.32. The van der Waals surface area contributed by atoms with Crippen molar-refractivity contribution in [2.24, 2.45) is 0 Å². The molecule has 0 saturated heterocycles. The van der Waals surface area contributed by atoms with Gasteiger partial charge < -0.3 is 14.3 Å². The predicted octanol–water partition coefficient (Wildman–Crippen LogP) is 2.12. The van der Waals surface area contributed by atoms with Crippen molar-refractivity contribution in [3.05, 3.63) is 48.0 Å². The second-order valence-electron chi connectivity index (χ2n) is 3.52. The van der Waals surface area contributed by atoms with Gasteiger partial charge in [0.2, 0.25) is 11.6 Å². The van der Waals surface area contributed by atoms with Crippen molar-refractivity contribution >= 4 is 17.9 Å². The van der Waals surface area contributed by atoms with E-state index in [4.69, 9.17) is 14.3 Å². The van der Waals surface area contributed by atoms with E-state index < -0.39 is 12.1 Å². The van der Waals surface area contributed by atoms with E-state index in [-0.39, 0.29) is 18.2 Å². The van der Waals surface area contributed by atoms with Gasteiger partial charge in [-0.05, 0) is 5.56 Å². The number of benzene rings is 1. The number of carbonyl (C=O) groups excluding carboxylic acids is 1. The molecule has 98 valence electrons. The van der Waals surface area contributed by atoms with Crippen LogP contribution in [0.2, 0.25) is 0 Å². The van der Waals surface area contributed by atoms with Crippen LogP contribution in [0, 0.1) is 0 Å². The molecule has 1 aromatic heterocycles. The van der Waals surface area contributed by atoms with Crippen LogP contribution < -0.4 is 5.32 Å². The number of hydrogen-bond donors (Lipinski definition) is 2. The Balaban J connectivity index is 1.91. The smallest absolute Gasteiger partial charge is 0.414 e. The molecule has 0 radical (unpaired) electrons. The van der Waals surface area contributed by atoms with Gasteiger partial charge in [0.1, 0.15) is 6.61 Å². The fourth-order valence-electron chi connectivity index (χ4n) is 1.34. The van der Waals surface area contributed by atoms with Crippen LogP contribution in [-0.2, 0) is 11.3 Å². The summed E-state index contributed by atoms with van der Waals surface area (Å²) in [4.78, 5) is 25.6. The predicted molar refractivity (Wildman–Crippen MR) is 63.7 cm³/mol. The molecule has 1 heterocycles. The zero-order valence-corrected chi connectivity index (χ0v) is 9.70. The molecule has 1 amide bonds. The lowest BCUT2D eigenvalue weighted by atomic mass is 10.2. The number of nitrogens with zero attached hydrogens (tertiary/aromatic N) is 1. The van der Waals surface area contributed by atoms with Crippen LogP contribution in [-0.4, -0.2) is 22.2 Å². The van der Waals surface area contributed by atoms with Crippen molar-refractivity contribution in [2.45, 2.75) is 6.61 Å². The Kier molecular flexibility index (Phi) is 3.77. The van der Waals surface area contributed by atoms with E-state index in [0.717, 1.165) is 12.0 Å². The molecule has 0 unspecified atom stereocenters. The minimum atomic E-state index is -1.30. The van der Waals surface area contributed by atoms with Gasteiger partial charge in [-0.2, -0.15) is 0 Å². The molecule has 0 atom stereocenters. The van der Waals surface area contributed by atoms with Gasteiger partial charge >= 0.3 is 12.1 Å². The Morgan fingerprint density at radius 2 is 2.05 bits per heavy atom. The molecule has 7 nitrogen and oxygen atoms in total. The summed E-state index contributed by atoms with van der Waals surface area (Å²) >= 11 is 0. The van der Waals surface area contributed by atoms with E-state index in [1.165, 1.54) is 0 Å². The highest BCUT2D eigenvalue weighted by Crippen LogP contribution is 2.13. The highest BCUT2D eigenvalue weighted by Gasteiger charge is 2.18. The number of carboxylic acids is 1. The first-order valence-electron chi connectivity index (χ1n) is 5.31. The summed E-state index contributed by atoms with van der Waals surface area (Å²) < 4.78 is 9.65. The second-order valence-corrected chi connectivity index (χ2v) is 3.52. The zero-order valence-electron chi connectivity index (χ0n) is 9.70. The molecule has 0 aliphatic carbocycles. The molecule has 0 fully saturated rings. The number of aromatic nitrogens is 1. The molecule has 1 aromatic carbocycles. The molecule has 0 bridgehead atoms. The lowest BCUT2D eigenvalue weighted by molar-refractivity contribution is 0.0692. The van der Waals surface area contributed by atoms with Crippen molar-refractivity contribution in [3.8, 4) is 0 Å². The van der Waals surface area contributed by atoms with Crippen LogP contribution in [0.1, 0.15) is 16.1 Å². The van der Waals surface area contributed by atoms with Crippen LogP contribution in [0.25, 0.3) is 0 Å². The number of amides is 1. The number of anilines is 1. The number of nitrogens with one attached hydrogen (secondary N) is 1. The quantitative estimate of drug-likeness (QED) is 0.875. The van der Waals surface area contributed by atoms with Crippen LogP contribution in [0.3, 0.4) is 0 Å². The lowest BCUT2D eigenvalue weighted by Crippen LogP contribution is -2.15. The monoisotopic (exact) mass is 262 g/mol. The number of ether oxygens (including phenoxy) is 1. The number of oxazole rings is 1. The van der Waals surface area contributed by atoms with Gasteiger partial charge in [0.15, 0.2) is 6.39 Å². The van der Waals surface area contributed by atoms with Crippen molar-refractivity contribution in [3.63, 3.8) is 0 Å². The van der Waals surface area contributed by atoms with Gasteiger partial charge in [-0.15, -0.1) is 0 Å². The number of hydrogen-bond acceptors (Lipinski definition) is 5. The number of rotatable bonds is 4. The summed E-state index contributed by atoms with van der Waals surface area (Å²) in [5, 5.41) is 10.9. The Labute approximate surface area is 107 Å². The zero-order chi connectivity index (χ0) is 13.7. The van der Waals surface area contributed by atoms with Crippen LogP contribution in [0.15, 0.2) is 41.1 Å². The van der Waals surface area contributed by atoms with Gasteiger partial charge in [-0.1, -0.05) is 30.3 Å². The van der Waals surface area contributed by atoms with E-state index in [9.17, 15) is 9.59 Å². The molecule has 19 heavy (non-hydrogen) atoms. The molecule has 2 N–H and O–H groups in total. The summed E-state index contributed by atoms with van der Waals surface area (Å²) in [6, 6.07) is 9.07. The highest BCUT2D eigenvalue weighted by atomic mass is 16.6. The first kappa shape index (κ1) is 12.6. The highest BCUT2D eigenvalue weighted by molar-refractivity contribution is 5.94. The van der Waals surface area contributed by atoms with Gasteiger partial charge in [0.25, 0.3) is 0 Å². The van der Waals surface area contributed by atoms with Gasteiger partial charge in [0, 0.05) is 0 Å². The number of aromatic carboxylic acids is 1.